The lowest BCUT2D eigenvalue weighted by Crippen LogP contribution is -2.48. The van der Waals surface area contributed by atoms with Crippen molar-refractivity contribution in [2.45, 2.75) is 87.6 Å². The highest BCUT2D eigenvalue weighted by Crippen LogP contribution is 2.29. The molecule has 3 aromatic rings. The van der Waals surface area contributed by atoms with Gasteiger partial charge in [-0.2, -0.15) is 0 Å². The minimum atomic E-state index is -0.337. The molecule has 3 atom stereocenters. The molecule has 1 fully saturated rings. The summed E-state index contributed by atoms with van der Waals surface area (Å²) in [4.78, 5) is 44.8. The quantitative estimate of drug-likeness (QED) is 0.229. The van der Waals surface area contributed by atoms with Crippen molar-refractivity contribution in [3.05, 3.63) is 57.7 Å². The second-order valence-corrected chi connectivity index (χ2v) is 14.1. The lowest BCUT2D eigenvalue weighted by atomic mass is 9.99. The van der Waals surface area contributed by atoms with Crippen LogP contribution in [0.1, 0.15) is 85.9 Å². The van der Waals surface area contributed by atoms with E-state index in [1.165, 1.54) is 0 Å². The van der Waals surface area contributed by atoms with Crippen molar-refractivity contribution in [1.82, 2.24) is 20.2 Å². The van der Waals surface area contributed by atoms with Gasteiger partial charge in [0, 0.05) is 36.0 Å². The molecule has 0 saturated carbocycles. The van der Waals surface area contributed by atoms with Gasteiger partial charge in [0.15, 0.2) is 5.43 Å². The van der Waals surface area contributed by atoms with Crippen LogP contribution >= 0.6 is 11.3 Å². The number of ether oxygens (including phenoxy) is 1. The maximum atomic E-state index is 12.4. The first-order chi connectivity index (χ1) is 22.0. The molecule has 0 bridgehead atoms. The molecule has 0 unspecified atom stereocenters. The van der Waals surface area contributed by atoms with Crippen LogP contribution in [0.25, 0.3) is 21.6 Å². The molecule has 9 nitrogen and oxygen atoms in total. The van der Waals surface area contributed by atoms with Gasteiger partial charge in [0.2, 0.25) is 11.8 Å². The average Bonchev–Trinajstić information content (AvgIpc) is 3.68. The number of thiazole rings is 1. The summed E-state index contributed by atoms with van der Waals surface area (Å²) < 4.78 is 5.34. The van der Waals surface area contributed by atoms with Crippen molar-refractivity contribution in [3.63, 3.8) is 0 Å². The Labute approximate surface area is 286 Å². The van der Waals surface area contributed by atoms with Crippen LogP contribution in [-0.2, 0) is 9.59 Å². The van der Waals surface area contributed by atoms with Gasteiger partial charge in [-0.3, -0.25) is 14.4 Å². The summed E-state index contributed by atoms with van der Waals surface area (Å²) in [6, 6.07) is 4.91. The summed E-state index contributed by atoms with van der Waals surface area (Å²) >= 11 is 1.55. The van der Waals surface area contributed by atoms with E-state index in [9.17, 15) is 14.4 Å². The first kappa shape index (κ1) is 41.5. The van der Waals surface area contributed by atoms with Crippen molar-refractivity contribution < 1.29 is 14.3 Å². The van der Waals surface area contributed by atoms with E-state index in [2.05, 4.69) is 77.3 Å². The van der Waals surface area contributed by atoms with Crippen molar-refractivity contribution in [3.8, 4) is 16.5 Å². The van der Waals surface area contributed by atoms with Crippen LogP contribution in [0.3, 0.4) is 0 Å². The second kappa shape index (κ2) is 20.0. The zero-order chi connectivity index (χ0) is 36.0. The summed E-state index contributed by atoms with van der Waals surface area (Å²) in [5.41, 5.74) is 8.81. The third-order valence-corrected chi connectivity index (χ3v) is 8.81. The Balaban J connectivity index is 0.000000377. The summed E-state index contributed by atoms with van der Waals surface area (Å²) in [5.74, 6) is 3.35. The smallest absolute Gasteiger partial charge is 0.242 e. The number of likely N-dealkylation sites (tertiary alicyclic amines) is 1. The van der Waals surface area contributed by atoms with Gasteiger partial charge in [-0.05, 0) is 55.1 Å². The Morgan fingerprint density at radius 3 is 2.26 bits per heavy atom. The number of fused-ring (bicyclic) bond motifs is 1. The molecular formula is C37H59N5O4S. The fourth-order valence-corrected chi connectivity index (χ4v) is 5.57. The van der Waals surface area contributed by atoms with Crippen LogP contribution in [0.5, 0.6) is 5.75 Å². The van der Waals surface area contributed by atoms with Crippen LogP contribution in [0, 0.1) is 30.6 Å². The number of hydrogen-bond donors (Lipinski definition) is 3. The Bertz CT molecular complexity index is 1490. The van der Waals surface area contributed by atoms with Crippen LogP contribution in [0.2, 0.25) is 0 Å². The fourth-order valence-electron chi connectivity index (χ4n) is 4.61. The molecule has 4 N–H and O–H groups in total. The Morgan fingerprint density at radius 1 is 1.19 bits per heavy atom. The predicted molar refractivity (Wildman–Crippen MR) is 198 cm³/mol. The van der Waals surface area contributed by atoms with Gasteiger partial charge in [0.25, 0.3) is 0 Å². The average molecular weight is 670 g/mol. The van der Waals surface area contributed by atoms with Crippen molar-refractivity contribution in [2.24, 2.45) is 29.4 Å². The van der Waals surface area contributed by atoms with Crippen molar-refractivity contribution in [2.75, 3.05) is 27.2 Å². The number of H-pyrrole nitrogens is 1. The van der Waals surface area contributed by atoms with E-state index in [1.807, 2.05) is 31.4 Å². The van der Waals surface area contributed by atoms with Crippen LogP contribution in [0.15, 0.2) is 41.0 Å². The highest BCUT2D eigenvalue weighted by atomic mass is 32.1. The number of methoxy groups -OCH3 is 1. The number of nitrogens with zero attached hydrogens (tertiary/aromatic N) is 2. The maximum Gasteiger partial charge on any atom is 0.242 e. The Morgan fingerprint density at radius 2 is 1.81 bits per heavy atom. The van der Waals surface area contributed by atoms with Crippen LogP contribution in [-0.4, -0.2) is 60.0 Å². The minimum Gasteiger partial charge on any atom is -0.496 e. The van der Waals surface area contributed by atoms with E-state index < -0.39 is 0 Å². The number of allylic oxidation sites excluding steroid dienone is 1. The number of benzene rings is 1. The van der Waals surface area contributed by atoms with Crippen LogP contribution < -0.4 is 21.2 Å². The molecule has 2 amide bonds. The molecule has 1 aliphatic rings. The lowest BCUT2D eigenvalue weighted by Gasteiger charge is -2.24. The highest BCUT2D eigenvalue weighted by Gasteiger charge is 2.38. The SMILES string of the molecule is C=C[C@H](C)C(C)C.CC(C)C.CNC(=O)[C@@H]1[C@H](C)CCN1C(=O)CN.COc1ccc2c(=O)cc(-c3nc(C(C)C)cs3)[nH]c2c1C. The standard InChI is InChI=1S/C17H18N2O2S.C9H17N3O2.C7H14.C4H10/c1-9(2)13-8-22-17(19-13)12-7-14(20)11-5-6-15(21-4)10(3)16(11)18-12;1-6-3-4-12(7(13)5-10)8(6)9(14)11-2;1-5-7(4)6(2)3;1-4(2)3/h5-9H,1-4H3,(H,18,20);6,8H,3-5,10H2,1-2H3,(H,11,14);5-7H,1H2,2-4H3;4H,1-3H3/t;6-,8+;7-;/m.10./s1. The Hall–Kier alpha value is -3.50. The maximum absolute atomic E-state index is 12.4. The molecule has 1 aliphatic heterocycles. The van der Waals surface area contributed by atoms with Gasteiger partial charge in [0.05, 0.1) is 30.6 Å². The highest BCUT2D eigenvalue weighted by molar-refractivity contribution is 7.13. The molecule has 1 aromatic carbocycles. The number of rotatable bonds is 7. The Kier molecular flexibility index (Phi) is 17.7. The number of amides is 2. The topological polar surface area (TPSA) is 130 Å². The van der Waals surface area contributed by atoms with Gasteiger partial charge < -0.3 is 25.7 Å². The van der Waals surface area contributed by atoms with Gasteiger partial charge in [-0.25, -0.2) is 4.98 Å². The van der Waals surface area contributed by atoms with E-state index >= 15 is 0 Å². The molecule has 47 heavy (non-hydrogen) atoms. The first-order valence-electron chi connectivity index (χ1n) is 16.5. The van der Waals surface area contributed by atoms with Crippen molar-refractivity contribution >= 4 is 34.1 Å². The number of nitrogens with one attached hydrogen (secondary N) is 2. The molecule has 262 valence electrons. The van der Waals surface area contributed by atoms with E-state index in [1.54, 1.807) is 42.5 Å². The number of carbonyl (C=O) groups excluding carboxylic acids is 2. The van der Waals surface area contributed by atoms with E-state index in [-0.39, 0.29) is 35.7 Å². The molecule has 1 saturated heterocycles. The molecule has 2 aromatic heterocycles. The van der Waals surface area contributed by atoms with Crippen LogP contribution in [0.4, 0.5) is 0 Å². The summed E-state index contributed by atoms with van der Waals surface area (Å²) in [6.45, 7) is 25.5. The first-order valence-corrected chi connectivity index (χ1v) is 17.4. The number of aryl methyl sites for hydroxylation is 1. The summed E-state index contributed by atoms with van der Waals surface area (Å²) in [5, 5.41) is 6.12. The van der Waals surface area contributed by atoms with E-state index in [0.29, 0.717) is 23.8 Å². The van der Waals surface area contributed by atoms with E-state index in [4.69, 9.17) is 10.5 Å². The number of hydrogen-bond acceptors (Lipinski definition) is 7. The number of pyridine rings is 1. The molecule has 0 radical (unpaired) electrons. The zero-order valence-electron chi connectivity index (χ0n) is 30.7. The zero-order valence-corrected chi connectivity index (χ0v) is 31.5. The van der Waals surface area contributed by atoms with Gasteiger partial charge in [-0.15, -0.1) is 17.9 Å². The monoisotopic (exact) mass is 669 g/mol. The summed E-state index contributed by atoms with van der Waals surface area (Å²) in [6.07, 6.45) is 2.86. The third kappa shape index (κ3) is 12.2. The number of carbonyl (C=O) groups is 2. The second-order valence-electron chi connectivity index (χ2n) is 13.3. The normalized spacial score (nSPS) is 16.0. The van der Waals surface area contributed by atoms with Gasteiger partial charge >= 0.3 is 0 Å². The molecule has 3 heterocycles. The van der Waals surface area contributed by atoms with Gasteiger partial charge in [-0.1, -0.05) is 68.4 Å². The van der Waals surface area contributed by atoms with E-state index in [0.717, 1.165) is 51.5 Å². The number of likely N-dealkylation sites (N-methyl/N-ethyl adjacent to an activating group) is 1. The molecule has 10 heteroatoms. The number of aromatic nitrogens is 2. The van der Waals surface area contributed by atoms with Gasteiger partial charge in [0.1, 0.15) is 16.8 Å². The minimum absolute atomic E-state index is 0.00389. The molecule has 0 aliphatic carbocycles. The number of aromatic amines is 1. The summed E-state index contributed by atoms with van der Waals surface area (Å²) in [7, 11) is 3.21. The largest absolute Gasteiger partial charge is 0.496 e. The molecule has 0 spiro atoms. The fraction of sp³-hybridized carbons (Fsp3) is 0.568. The lowest BCUT2D eigenvalue weighted by molar-refractivity contribution is -0.138. The molecular weight excluding hydrogens is 611 g/mol. The third-order valence-electron chi connectivity index (χ3n) is 7.91. The van der Waals surface area contributed by atoms with Crippen molar-refractivity contribution in [1.29, 1.82) is 0 Å². The molecule has 4 rings (SSSR count). The predicted octanol–water partition coefficient (Wildman–Crippen LogP) is 7.15. The number of nitrogens with two attached hydrogens (primary N) is 1.